The monoisotopic (exact) mass is 271 g/mol. The Hall–Kier alpha value is -2.23. The summed E-state index contributed by atoms with van der Waals surface area (Å²) < 4.78 is 5.27. The van der Waals surface area contributed by atoms with E-state index < -0.39 is 0 Å². The molecule has 4 nitrogen and oxygen atoms in total. The van der Waals surface area contributed by atoms with Gasteiger partial charge in [-0.05, 0) is 24.6 Å². The van der Waals surface area contributed by atoms with Crippen LogP contribution in [-0.2, 0) is 0 Å². The van der Waals surface area contributed by atoms with E-state index in [1.807, 2.05) is 37.5 Å². The number of methoxy groups -OCH3 is 1. The van der Waals surface area contributed by atoms with Crippen molar-refractivity contribution in [3.05, 3.63) is 42.6 Å². The van der Waals surface area contributed by atoms with E-state index in [0.29, 0.717) is 0 Å². The van der Waals surface area contributed by atoms with Crippen LogP contribution in [0.4, 0.5) is 17.2 Å². The highest BCUT2D eigenvalue weighted by Crippen LogP contribution is 2.27. The molecule has 106 valence electrons. The molecule has 2 aromatic rings. The number of nitrogens with zero attached hydrogens (tertiary/aromatic N) is 2. The molecule has 0 aliphatic rings. The molecule has 0 spiro atoms. The Kier molecular flexibility index (Phi) is 4.82. The van der Waals surface area contributed by atoms with Crippen LogP contribution < -0.4 is 15.0 Å². The number of pyridine rings is 1. The lowest BCUT2D eigenvalue weighted by Crippen LogP contribution is -2.10. The van der Waals surface area contributed by atoms with Crippen molar-refractivity contribution in [1.29, 1.82) is 0 Å². The fourth-order valence-electron chi connectivity index (χ4n) is 1.95. The van der Waals surface area contributed by atoms with Gasteiger partial charge in [-0.3, -0.25) is 0 Å². The SMILES string of the molecule is CCCNc1cc(N(C)c2cccc(OC)c2)ccn1. The van der Waals surface area contributed by atoms with Crippen molar-refractivity contribution in [2.24, 2.45) is 0 Å². The highest BCUT2D eigenvalue weighted by atomic mass is 16.5. The van der Waals surface area contributed by atoms with Crippen molar-refractivity contribution in [3.8, 4) is 5.75 Å². The van der Waals surface area contributed by atoms with Crippen molar-refractivity contribution in [2.75, 3.05) is 30.9 Å². The van der Waals surface area contributed by atoms with Crippen LogP contribution in [-0.4, -0.2) is 25.7 Å². The fourth-order valence-corrected chi connectivity index (χ4v) is 1.95. The normalized spacial score (nSPS) is 10.2. The van der Waals surface area contributed by atoms with E-state index in [1.54, 1.807) is 7.11 Å². The maximum absolute atomic E-state index is 5.27. The first kappa shape index (κ1) is 14.2. The van der Waals surface area contributed by atoms with Crippen LogP contribution >= 0.6 is 0 Å². The summed E-state index contributed by atoms with van der Waals surface area (Å²) >= 11 is 0. The summed E-state index contributed by atoms with van der Waals surface area (Å²) in [6, 6.07) is 12.0. The first-order chi connectivity index (χ1) is 9.74. The van der Waals surface area contributed by atoms with E-state index in [0.717, 1.165) is 35.9 Å². The zero-order valence-electron chi connectivity index (χ0n) is 12.3. The second kappa shape index (κ2) is 6.80. The molecule has 20 heavy (non-hydrogen) atoms. The average molecular weight is 271 g/mol. The largest absolute Gasteiger partial charge is 0.497 e. The lowest BCUT2D eigenvalue weighted by atomic mass is 10.2. The minimum absolute atomic E-state index is 0.854. The summed E-state index contributed by atoms with van der Waals surface area (Å²) in [6.45, 7) is 3.07. The summed E-state index contributed by atoms with van der Waals surface area (Å²) in [5.74, 6) is 1.76. The van der Waals surface area contributed by atoms with Gasteiger partial charge in [-0.25, -0.2) is 4.98 Å². The highest BCUT2D eigenvalue weighted by molar-refractivity contribution is 5.66. The lowest BCUT2D eigenvalue weighted by molar-refractivity contribution is 0.415. The smallest absolute Gasteiger partial charge is 0.127 e. The molecule has 0 aliphatic heterocycles. The standard InChI is InChI=1S/C16H21N3O/c1-4-9-17-16-12-14(8-10-18-16)19(2)13-6-5-7-15(11-13)20-3/h5-8,10-12H,4,9H2,1-3H3,(H,17,18). The van der Waals surface area contributed by atoms with Gasteiger partial charge >= 0.3 is 0 Å². The van der Waals surface area contributed by atoms with E-state index >= 15 is 0 Å². The molecule has 1 N–H and O–H groups in total. The topological polar surface area (TPSA) is 37.4 Å². The fraction of sp³-hybridized carbons (Fsp3) is 0.312. The third kappa shape index (κ3) is 3.41. The molecule has 1 heterocycles. The predicted molar refractivity (Wildman–Crippen MR) is 84.1 cm³/mol. The molecule has 1 aromatic heterocycles. The van der Waals surface area contributed by atoms with Crippen molar-refractivity contribution in [1.82, 2.24) is 4.98 Å². The molecular formula is C16H21N3O. The molecule has 0 bridgehead atoms. The van der Waals surface area contributed by atoms with Crippen LogP contribution in [0.5, 0.6) is 5.75 Å². The van der Waals surface area contributed by atoms with E-state index in [-0.39, 0.29) is 0 Å². The Bertz CT molecular complexity index is 557. The summed E-state index contributed by atoms with van der Waals surface area (Å²) in [5.41, 5.74) is 2.17. The Labute approximate surface area is 120 Å². The van der Waals surface area contributed by atoms with Crippen LogP contribution in [0.2, 0.25) is 0 Å². The highest BCUT2D eigenvalue weighted by Gasteiger charge is 2.06. The molecule has 0 atom stereocenters. The maximum atomic E-state index is 5.27. The summed E-state index contributed by atoms with van der Waals surface area (Å²) in [6.07, 6.45) is 2.90. The van der Waals surface area contributed by atoms with E-state index in [1.165, 1.54) is 0 Å². The number of nitrogens with one attached hydrogen (secondary N) is 1. The molecular weight excluding hydrogens is 250 g/mol. The zero-order chi connectivity index (χ0) is 14.4. The van der Waals surface area contributed by atoms with Gasteiger partial charge in [0.05, 0.1) is 7.11 Å². The van der Waals surface area contributed by atoms with Gasteiger partial charge in [0.1, 0.15) is 11.6 Å². The van der Waals surface area contributed by atoms with Gasteiger partial charge in [0, 0.05) is 43.3 Å². The summed E-state index contributed by atoms with van der Waals surface area (Å²) in [5, 5.41) is 3.30. The molecule has 0 aliphatic carbocycles. The van der Waals surface area contributed by atoms with Gasteiger partial charge in [-0.1, -0.05) is 13.0 Å². The van der Waals surface area contributed by atoms with Crippen LogP contribution in [0, 0.1) is 0 Å². The summed E-state index contributed by atoms with van der Waals surface area (Å²) in [7, 11) is 3.71. The van der Waals surface area contributed by atoms with Crippen LogP contribution in [0.3, 0.4) is 0 Å². The Morgan fingerprint density at radius 3 is 2.75 bits per heavy atom. The Balaban J connectivity index is 2.21. The predicted octanol–water partition coefficient (Wildman–Crippen LogP) is 3.68. The van der Waals surface area contributed by atoms with Crippen molar-refractivity contribution >= 4 is 17.2 Å². The second-order valence-corrected chi connectivity index (χ2v) is 4.59. The van der Waals surface area contributed by atoms with E-state index in [4.69, 9.17) is 4.74 Å². The molecule has 4 heteroatoms. The Morgan fingerprint density at radius 2 is 2.00 bits per heavy atom. The molecule has 0 amide bonds. The number of ether oxygens (including phenoxy) is 1. The van der Waals surface area contributed by atoms with Gasteiger partial charge in [0.15, 0.2) is 0 Å². The third-order valence-electron chi connectivity index (χ3n) is 3.13. The number of hydrogen-bond donors (Lipinski definition) is 1. The molecule has 0 radical (unpaired) electrons. The van der Waals surface area contributed by atoms with Crippen molar-refractivity contribution in [2.45, 2.75) is 13.3 Å². The van der Waals surface area contributed by atoms with E-state index in [2.05, 4.69) is 34.3 Å². The van der Waals surface area contributed by atoms with Crippen molar-refractivity contribution in [3.63, 3.8) is 0 Å². The third-order valence-corrected chi connectivity index (χ3v) is 3.13. The Morgan fingerprint density at radius 1 is 1.20 bits per heavy atom. The molecule has 0 saturated heterocycles. The number of anilines is 3. The van der Waals surface area contributed by atoms with Crippen LogP contribution in [0.25, 0.3) is 0 Å². The molecule has 0 fully saturated rings. The molecule has 0 saturated carbocycles. The number of benzene rings is 1. The first-order valence-electron chi connectivity index (χ1n) is 6.82. The van der Waals surface area contributed by atoms with Crippen LogP contribution in [0.15, 0.2) is 42.6 Å². The molecule has 1 aromatic carbocycles. The molecule has 0 unspecified atom stereocenters. The van der Waals surface area contributed by atoms with Gasteiger partial charge in [-0.15, -0.1) is 0 Å². The minimum Gasteiger partial charge on any atom is -0.497 e. The minimum atomic E-state index is 0.854. The quantitative estimate of drug-likeness (QED) is 0.869. The van der Waals surface area contributed by atoms with Gasteiger partial charge < -0.3 is 15.0 Å². The number of hydrogen-bond acceptors (Lipinski definition) is 4. The van der Waals surface area contributed by atoms with Crippen molar-refractivity contribution < 1.29 is 4.74 Å². The summed E-state index contributed by atoms with van der Waals surface area (Å²) in [4.78, 5) is 6.44. The zero-order valence-corrected chi connectivity index (χ0v) is 12.3. The molecule has 2 rings (SSSR count). The average Bonchev–Trinajstić information content (AvgIpc) is 2.52. The van der Waals surface area contributed by atoms with Gasteiger partial charge in [0.2, 0.25) is 0 Å². The first-order valence-corrected chi connectivity index (χ1v) is 6.82. The van der Waals surface area contributed by atoms with Gasteiger partial charge in [0.25, 0.3) is 0 Å². The maximum Gasteiger partial charge on any atom is 0.127 e. The van der Waals surface area contributed by atoms with E-state index in [9.17, 15) is 0 Å². The lowest BCUT2D eigenvalue weighted by Gasteiger charge is -2.20. The number of aromatic nitrogens is 1. The number of rotatable bonds is 6. The van der Waals surface area contributed by atoms with Crippen LogP contribution in [0.1, 0.15) is 13.3 Å². The van der Waals surface area contributed by atoms with Gasteiger partial charge in [-0.2, -0.15) is 0 Å². The second-order valence-electron chi connectivity index (χ2n) is 4.59.